The Morgan fingerprint density at radius 2 is 1.72 bits per heavy atom. The van der Waals surface area contributed by atoms with Gasteiger partial charge in [0.15, 0.2) is 5.11 Å². The van der Waals surface area contributed by atoms with Crippen LogP contribution in [0.4, 0.5) is 11.4 Å². The van der Waals surface area contributed by atoms with Crippen molar-refractivity contribution in [2.75, 3.05) is 17.3 Å². The molecule has 0 spiro atoms. The number of amides is 2. The van der Waals surface area contributed by atoms with E-state index in [-0.39, 0.29) is 21.6 Å². The van der Waals surface area contributed by atoms with Crippen LogP contribution in [0, 0.1) is 0 Å². The first-order chi connectivity index (χ1) is 11.8. The maximum absolute atomic E-state index is 12.2. The van der Waals surface area contributed by atoms with Gasteiger partial charge in [-0.25, -0.2) is 0 Å². The van der Waals surface area contributed by atoms with Crippen LogP contribution in [0.15, 0.2) is 42.5 Å². The molecule has 0 saturated carbocycles. The summed E-state index contributed by atoms with van der Waals surface area (Å²) in [6.07, 6.45) is 0. The summed E-state index contributed by atoms with van der Waals surface area (Å²) in [6, 6.07) is 11.6. The van der Waals surface area contributed by atoms with E-state index in [1.54, 1.807) is 37.4 Å². The lowest BCUT2D eigenvalue weighted by Crippen LogP contribution is -2.34. The molecular weight excluding hydrogens is 381 g/mol. The molecule has 0 heterocycles. The Morgan fingerprint density at radius 3 is 2.28 bits per heavy atom. The van der Waals surface area contributed by atoms with Crippen LogP contribution < -0.4 is 15.5 Å². The van der Waals surface area contributed by atoms with Crippen molar-refractivity contribution in [3.8, 4) is 0 Å². The van der Waals surface area contributed by atoms with E-state index in [9.17, 15) is 9.59 Å². The Balaban J connectivity index is 2.00. The minimum absolute atomic E-state index is 0.0664. The summed E-state index contributed by atoms with van der Waals surface area (Å²) in [5, 5.41) is 6.26. The molecule has 130 valence electrons. The fourth-order valence-electron chi connectivity index (χ4n) is 1.96. The SMILES string of the molecule is CC(=O)N(C)c1ccc(NC(=S)NC(=O)c2ccc(Cl)cc2Cl)cc1. The standard InChI is InChI=1S/C17H15Cl2N3O2S/c1-10(23)22(2)13-6-4-12(5-7-13)20-17(25)21-16(24)14-8-3-11(18)9-15(14)19/h3-9H,1-2H3,(H2,20,21,24,25). The first kappa shape index (κ1) is 19.2. The molecule has 0 aliphatic rings. The fraction of sp³-hybridized carbons (Fsp3) is 0.118. The number of hydrogen-bond acceptors (Lipinski definition) is 3. The van der Waals surface area contributed by atoms with Crippen molar-refractivity contribution >= 4 is 63.7 Å². The van der Waals surface area contributed by atoms with Crippen LogP contribution in [0.2, 0.25) is 10.0 Å². The van der Waals surface area contributed by atoms with Gasteiger partial charge in [-0.1, -0.05) is 23.2 Å². The monoisotopic (exact) mass is 395 g/mol. The molecule has 0 radical (unpaired) electrons. The van der Waals surface area contributed by atoms with Crippen LogP contribution in [0.5, 0.6) is 0 Å². The number of benzene rings is 2. The van der Waals surface area contributed by atoms with E-state index in [0.29, 0.717) is 10.7 Å². The molecule has 8 heteroatoms. The molecular formula is C17H15Cl2N3O2S. The second kappa shape index (κ2) is 8.29. The maximum atomic E-state index is 12.2. The highest BCUT2D eigenvalue weighted by Crippen LogP contribution is 2.21. The molecule has 2 N–H and O–H groups in total. The fourth-order valence-corrected chi connectivity index (χ4v) is 2.66. The van der Waals surface area contributed by atoms with Crippen molar-refractivity contribution in [3.63, 3.8) is 0 Å². The molecule has 0 aliphatic carbocycles. The third kappa shape index (κ3) is 5.16. The Kier molecular flexibility index (Phi) is 6.36. The number of rotatable bonds is 3. The lowest BCUT2D eigenvalue weighted by molar-refractivity contribution is -0.116. The molecule has 0 atom stereocenters. The first-order valence-corrected chi connectivity index (χ1v) is 8.36. The van der Waals surface area contributed by atoms with E-state index in [1.165, 1.54) is 24.0 Å². The minimum Gasteiger partial charge on any atom is -0.332 e. The van der Waals surface area contributed by atoms with Gasteiger partial charge in [-0.05, 0) is 54.7 Å². The first-order valence-electron chi connectivity index (χ1n) is 7.19. The van der Waals surface area contributed by atoms with Crippen molar-refractivity contribution in [3.05, 3.63) is 58.1 Å². The molecule has 5 nitrogen and oxygen atoms in total. The zero-order valence-electron chi connectivity index (χ0n) is 13.5. The zero-order valence-corrected chi connectivity index (χ0v) is 15.8. The average Bonchev–Trinajstić information content (AvgIpc) is 2.54. The van der Waals surface area contributed by atoms with Crippen LogP contribution >= 0.6 is 35.4 Å². The van der Waals surface area contributed by atoms with Gasteiger partial charge in [0.1, 0.15) is 0 Å². The topological polar surface area (TPSA) is 61.4 Å². The summed E-state index contributed by atoms with van der Waals surface area (Å²) in [5.74, 6) is -0.504. The van der Waals surface area contributed by atoms with Gasteiger partial charge < -0.3 is 10.2 Å². The van der Waals surface area contributed by atoms with E-state index >= 15 is 0 Å². The Bertz CT molecular complexity index is 825. The second-order valence-corrected chi connectivity index (χ2v) is 6.41. The Labute approximate surface area is 160 Å². The van der Waals surface area contributed by atoms with Gasteiger partial charge in [-0.2, -0.15) is 0 Å². The van der Waals surface area contributed by atoms with Gasteiger partial charge in [0.05, 0.1) is 10.6 Å². The predicted molar refractivity (Wildman–Crippen MR) is 106 cm³/mol. The van der Waals surface area contributed by atoms with Gasteiger partial charge in [0, 0.05) is 30.4 Å². The number of hydrogen-bond donors (Lipinski definition) is 2. The number of halogens is 2. The van der Waals surface area contributed by atoms with Gasteiger partial charge in [0.25, 0.3) is 5.91 Å². The normalized spacial score (nSPS) is 10.1. The molecule has 0 saturated heterocycles. The number of nitrogens with one attached hydrogen (secondary N) is 2. The number of anilines is 2. The van der Waals surface area contributed by atoms with Gasteiger partial charge in [-0.15, -0.1) is 0 Å². The maximum Gasteiger partial charge on any atom is 0.258 e. The second-order valence-electron chi connectivity index (χ2n) is 5.16. The lowest BCUT2D eigenvalue weighted by atomic mass is 10.2. The van der Waals surface area contributed by atoms with Crippen LogP contribution in [0.1, 0.15) is 17.3 Å². The van der Waals surface area contributed by atoms with E-state index in [2.05, 4.69) is 10.6 Å². The summed E-state index contributed by atoms with van der Waals surface area (Å²) in [6.45, 7) is 1.48. The average molecular weight is 396 g/mol. The van der Waals surface area contributed by atoms with Crippen molar-refractivity contribution in [1.29, 1.82) is 0 Å². The smallest absolute Gasteiger partial charge is 0.258 e. The Hall–Kier alpha value is -2.15. The van der Waals surface area contributed by atoms with E-state index in [4.69, 9.17) is 35.4 Å². The third-order valence-corrected chi connectivity index (χ3v) is 4.14. The van der Waals surface area contributed by atoms with Gasteiger partial charge >= 0.3 is 0 Å². The molecule has 2 aromatic rings. The van der Waals surface area contributed by atoms with Crippen LogP contribution in [0.3, 0.4) is 0 Å². The molecule has 0 unspecified atom stereocenters. The molecule has 2 rings (SSSR count). The van der Waals surface area contributed by atoms with E-state index in [1.807, 2.05) is 0 Å². The van der Waals surface area contributed by atoms with Crippen molar-refractivity contribution in [1.82, 2.24) is 5.32 Å². The molecule has 0 aliphatic heterocycles. The highest BCUT2D eigenvalue weighted by molar-refractivity contribution is 7.80. The summed E-state index contributed by atoms with van der Waals surface area (Å²) < 4.78 is 0. The Morgan fingerprint density at radius 1 is 1.08 bits per heavy atom. The van der Waals surface area contributed by atoms with Crippen molar-refractivity contribution in [2.24, 2.45) is 0 Å². The number of carbonyl (C=O) groups excluding carboxylic acids is 2. The van der Waals surface area contributed by atoms with E-state index in [0.717, 1.165) is 5.69 Å². The summed E-state index contributed by atoms with van der Waals surface area (Å²) in [7, 11) is 1.69. The molecule has 0 bridgehead atoms. The highest BCUT2D eigenvalue weighted by Gasteiger charge is 2.12. The number of nitrogens with zero attached hydrogens (tertiary/aromatic N) is 1. The highest BCUT2D eigenvalue weighted by atomic mass is 35.5. The lowest BCUT2D eigenvalue weighted by Gasteiger charge is -2.16. The zero-order chi connectivity index (χ0) is 18.6. The largest absolute Gasteiger partial charge is 0.332 e. The molecule has 0 fully saturated rings. The third-order valence-electron chi connectivity index (χ3n) is 3.39. The van der Waals surface area contributed by atoms with Crippen molar-refractivity contribution in [2.45, 2.75) is 6.92 Å². The summed E-state index contributed by atoms with van der Waals surface area (Å²) in [5.41, 5.74) is 1.70. The quantitative estimate of drug-likeness (QED) is 0.767. The molecule has 25 heavy (non-hydrogen) atoms. The van der Waals surface area contributed by atoms with Crippen LogP contribution in [-0.4, -0.2) is 24.0 Å². The van der Waals surface area contributed by atoms with Crippen molar-refractivity contribution < 1.29 is 9.59 Å². The molecule has 2 amide bonds. The summed E-state index contributed by atoms with van der Waals surface area (Å²) in [4.78, 5) is 25.0. The van der Waals surface area contributed by atoms with Crippen LogP contribution in [-0.2, 0) is 4.79 Å². The minimum atomic E-state index is -0.438. The van der Waals surface area contributed by atoms with E-state index < -0.39 is 5.91 Å². The van der Waals surface area contributed by atoms with Gasteiger partial charge in [0.2, 0.25) is 5.91 Å². The molecule has 0 aromatic heterocycles. The molecule has 2 aromatic carbocycles. The summed E-state index contributed by atoms with van der Waals surface area (Å²) >= 11 is 16.9. The number of thiocarbonyl (C=S) groups is 1. The van der Waals surface area contributed by atoms with Crippen LogP contribution in [0.25, 0.3) is 0 Å². The predicted octanol–water partition coefficient (Wildman–Crippen LogP) is 4.10. The number of carbonyl (C=O) groups is 2. The van der Waals surface area contributed by atoms with Gasteiger partial charge in [-0.3, -0.25) is 14.9 Å².